The van der Waals surface area contributed by atoms with Crippen molar-refractivity contribution < 1.29 is 5.11 Å². The zero-order valence-corrected chi connectivity index (χ0v) is 16.6. The number of unbranched alkanes of at least 4 members (excludes halogenated alkanes) is 3. The van der Waals surface area contributed by atoms with Gasteiger partial charge in [-0.15, -0.1) is 0 Å². The fourth-order valence-corrected chi connectivity index (χ4v) is 17.1. The molecule has 0 fully saturated rings. The van der Waals surface area contributed by atoms with Crippen molar-refractivity contribution in [2.24, 2.45) is 0 Å². The summed E-state index contributed by atoms with van der Waals surface area (Å²) in [5, 5.41) is 9.84. The van der Waals surface area contributed by atoms with E-state index in [0.717, 1.165) is 6.42 Å². The normalized spacial score (nSPS) is 14.2. The summed E-state index contributed by atoms with van der Waals surface area (Å²) in [6.07, 6.45) is 11.0. The quantitative estimate of drug-likeness (QED) is 0.434. The molecule has 0 heterocycles. The van der Waals surface area contributed by atoms with Crippen molar-refractivity contribution in [1.29, 1.82) is 0 Å². The Hall–Kier alpha value is 0.499. The minimum atomic E-state index is -2.11. The number of hydrogen-bond donors (Lipinski definition) is 1. The third-order valence-corrected chi connectivity index (χ3v) is 18.3. The molecule has 0 aromatic carbocycles. The molecule has 19 heavy (non-hydrogen) atoms. The molecule has 0 aromatic rings. The van der Waals surface area contributed by atoms with Crippen LogP contribution in [0.25, 0.3) is 0 Å². The molecule has 0 rings (SSSR count). The van der Waals surface area contributed by atoms with Gasteiger partial charge in [0.05, 0.1) is 0 Å². The first kappa shape index (κ1) is 19.5. The SMILES string of the molecule is CCC[CH2][Sn](/[CH]=C/[C@H](O)CC)([CH2]CCC)[CH2]CCC. The van der Waals surface area contributed by atoms with Gasteiger partial charge in [-0.25, -0.2) is 0 Å². The van der Waals surface area contributed by atoms with Crippen LogP contribution in [0.3, 0.4) is 0 Å². The number of hydrogen-bond acceptors (Lipinski definition) is 1. The second-order valence-corrected chi connectivity index (χ2v) is 19.0. The molecule has 0 amide bonds. The van der Waals surface area contributed by atoms with Crippen LogP contribution in [0.4, 0.5) is 0 Å². The van der Waals surface area contributed by atoms with Crippen LogP contribution in [0.5, 0.6) is 0 Å². The van der Waals surface area contributed by atoms with Gasteiger partial charge < -0.3 is 0 Å². The molecule has 0 aliphatic heterocycles. The Bertz CT molecular complexity index is 204. The fourth-order valence-electron chi connectivity index (χ4n) is 2.66. The molecule has 0 aliphatic rings. The molecule has 0 saturated heterocycles. The maximum absolute atomic E-state index is 9.84. The molecular weight excluding hydrogens is 339 g/mol. The third kappa shape index (κ3) is 9.12. The Morgan fingerprint density at radius 3 is 1.58 bits per heavy atom. The van der Waals surface area contributed by atoms with Crippen LogP contribution >= 0.6 is 0 Å². The summed E-state index contributed by atoms with van der Waals surface area (Å²) >= 11 is -2.11. The van der Waals surface area contributed by atoms with Gasteiger partial charge in [0.1, 0.15) is 0 Å². The van der Waals surface area contributed by atoms with Crippen LogP contribution in [0.15, 0.2) is 10.2 Å². The van der Waals surface area contributed by atoms with Crippen LogP contribution < -0.4 is 0 Å². The van der Waals surface area contributed by atoms with E-state index in [9.17, 15) is 5.11 Å². The Balaban J connectivity index is 4.80. The van der Waals surface area contributed by atoms with Crippen molar-refractivity contribution in [2.75, 3.05) is 0 Å². The van der Waals surface area contributed by atoms with Crippen molar-refractivity contribution >= 4 is 18.4 Å². The molecule has 1 N–H and O–H groups in total. The average molecular weight is 375 g/mol. The second kappa shape index (κ2) is 12.3. The summed E-state index contributed by atoms with van der Waals surface area (Å²) in [5.74, 6) is 0. The van der Waals surface area contributed by atoms with E-state index in [1.165, 1.54) is 51.8 Å². The Morgan fingerprint density at radius 1 is 0.842 bits per heavy atom. The molecule has 1 atom stereocenters. The number of aliphatic hydroxyl groups is 1. The molecule has 0 radical (unpaired) electrons. The van der Waals surface area contributed by atoms with Crippen molar-refractivity contribution in [3.05, 3.63) is 10.2 Å². The molecule has 0 aromatic heterocycles. The van der Waals surface area contributed by atoms with Gasteiger partial charge in [0.15, 0.2) is 0 Å². The maximum atomic E-state index is 9.84. The molecule has 1 nitrogen and oxygen atoms in total. The summed E-state index contributed by atoms with van der Waals surface area (Å²) in [6, 6.07) is 0. The van der Waals surface area contributed by atoms with E-state index < -0.39 is 18.4 Å². The van der Waals surface area contributed by atoms with Crippen LogP contribution in [0.2, 0.25) is 13.3 Å². The molecule has 2 heteroatoms. The van der Waals surface area contributed by atoms with Crippen molar-refractivity contribution in [3.8, 4) is 0 Å². The number of aliphatic hydroxyl groups excluding tert-OH is 1. The van der Waals surface area contributed by atoms with Gasteiger partial charge in [0.25, 0.3) is 0 Å². The molecule has 0 bridgehead atoms. The predicted molar refractivity (Wildman–Crippen MR) is 90.3 cm³/mol. The molecule has 0 unspecified atom stereocenters. The van der Waals surface area contributed by atoms with Gasteiger partial charge in [-0.05, 0) is 0 Å². The van der Waals surface area contributed by atoms with Gasteiger partial charge in [-0.3, -0.25) is 0 Å². The summed E-state index contributed by atoms with van der Waals surface area (Å²) in [6.45, 7) is 8.99. The zero-order valence-electron chi connectivity index (χ0n) is 13.8. The van der Waals surface area contributed by atoms with Crippen molar-refractivity contribution in [1.82, 2.24) is 0 Å². The zero-order chi connectivity index (χ0) is 14.6. The van der Waals surface area contributed by atoms with Crippen molar-refractivity contribution in [2.45, 2.75) is 92.1 Å². The number of rotatable bonds is 12. The summed E-state index contributed by atoms with van der Waals surface area (Å²) < 4.78 is 7.07. The van der Waals surface area contributed by atoms with E-state index in [2.05, 4.69) is 37.9 Å². The first-order valence-corrected chi connectivity index (χ1v) is 16.2. The van der Waals surface area contributed by atoms with Crippen molar-refractivity contribution in [3.63, 3.8) is 0 Å². The molecule has 0 saturated carbocycles. The third-order valence-electron chi connectivity index (χ3n) is 4.17. The first-order valence-electron chi connectivity index (χ1n) is 8.51. The first-order chi connectivity index (χ1) is 9.14. The van der Waals surface area contributed by atoms with Gasteiger partial charge in [-0.2, -0.15) is 0 Å². The van der Waals surface area contributed by atoms with Crippen LogP contribution in [-0.2, 0) is 0 Å². The predicted octanol–water partition coefficient (Wildman–Crippen LogP) is 5.70. The van der Waals surface area contributed by atoms with Gasteiger partial charge in [0.2, 0.25) is 0 Å². The van der Waals surface area contributed by atoms with Gasteiger partial charge in [-0.1, -0.05) is 0 Å². The molecule has 114 valence electrons. The van der Waals surface area contributed by atoms with Crippen LogP contribution in [0, 0.1) is 0 Å². The standard InChI is InChI=1S/C5H9O.3C4H9.Sn/c1-3-5(6)4-2;3*1-3-4-2;/h1,3,5-6H,4H2,2H3;3*1,3-4H2,2H3;/t5-;;;;/m0..../s1. The topological polar surface area (TPSA) is 20.2 Å². The van der Waals surface area contributed by atoms with Gasteiger partial charge >= 0.3 is 126 Å². The Kier molecular flexibility index (Phi) is 12.6. The van der Waals surface area contributed by atoms with E-state index in [1.54, 1.807) is 0 Å². The van der Waals surface area contributed by atoms with E-state index in [1.807, 2.05) is 0 Å². The minimum absolute atomic E-state index is 0.207. The van der Waals surface area contributed by atoms with Crippen LogP contribution in [-0.4, -0.2) is 29.6 Å². The summed E-state index contributed by atoms with van der Waals surface area (Å²) in [7, 11) is 0. The average Bonchev–Trinajstić information content (AvgIpc) is 2.45. The molecule has 0 spiro atoms. The molecular formula is C17H36OSn. The van der Waals surface area contributed by atoms with E-state index in [0.29, 0.717) is 0 Å². The van der Waals surface area contributed by atoms with E-state index >= 15 is 0 Å². The summed E-state index contributed by atoms with van der Waals surface area (Å²) in [5.41, 5.74) is 0. The van der Waals surface area contributed by atoms with Gasteiger partial charge in [0, 0.05) is 0 Å². The Morgan fingerprint density at radius 2 is 1.26 bits per heavy atom. The Labute approximate surface area is 125 Å². The van der Waals surface area contributed by atoms with E-state index in [-0.39, 0.29) is 6.10 Å². The summed E-state index contributed by atoms with van der Waals surface area (Å²) in [4.78, 5) is 0. The monoisotopic (exact) mass is 376 g/mol. The van der Waals surface area contributed by atoms with Crippen LogP contribution in [0.1, 0.15) is 72.6 Å². The fraction of sp³-hybridized carbons (Fsp3) is 0.882. The second-order valence-electron chi connectivity index (χ2n) is 6.01. The van der Waals surface area contributed by atoms with E-state index in [4.69, 9.17) is 0 Å². The molecule has 0 aliphatic carbocycles.